The average molecular weight is 629 g/mol. The Morgan fingerprint density at radius 1 is 0.886 bits per heavy atom. The summed E-state index contributed by atoms with van der Waals surface area (Å²) in [7, 11) is 1.98. The molecule has 11 nitrogen and oxygen atoms in total. The molecule has 3 aromatic rings. The van der Waals surface area contributed by atoms with Crippen LogP contribution in [0.2, 0.25) is 18.1 Å². The van der Waals surface area contributed by atoms with Crippen LogP contribution in [0.4, 0.5) is 0 Å². The van der Waals surface area contributed by atoms with E-state index < -0.39 is 51.0 Å². The van der Waals surface area contributed by atoms with Crippen molar-refractivity contribution in [2.24, 2.45) is 0 Å². The summed E-state index contributed by atoms with van der Waals surface area (Å²) in [4.78, 5) is 37.8. The van der Waals surface area contributed by atoms with E-state index in [1.165, 1.54) is 34.5 Å². The van der Waals surface area contributed by atoms with Crippen molar-refractivity contribution in [1.82, 2.24) is 0 Å². The van der Waals surface area contributed by atoms with Crippen LogP contribution in [0.15, 0.2) is 57.9 Å². The highest BCUT2D eigenvalue weighted by molar-refractivity contribution is 6.74. The zero-order valence-electron chi connectivity index (χ0n) is 26.5. The number of rotatable bonds is 9. The fourth-order valence-electron chi connectivity index (χ4n) is 4.71. The second-order valence-corrected chi connectivity index (χ2v) is 16.8. The first kappa shape index (κ1) is 33.2. The van der Waals surface area contributed by atoms with Crippen molar-refractivity contribution >= 4 is 31.2 Å². The molecule has 1 aliphatic heterocycles. The third kappa shape index (κ3) is 6.83. The molecule has 4 rings (SSSR count). The van der Waals surface area contributed by atoms with Crippen LogP contribution in [0.3, 0.4) is 0 Å². The first-order valence-electron chi connectivity index (χ1n) is 14.2. The smallest absolute Gasteiger partial charge is 0.339 e. The topological polar surface area (TPSA) is 129 Å². The number of hydrogen-bond acceptors (Lipinski definition) is 11. The molecule has 0 saturated carbocycles. The SMILES string of the molecule is COC(=O)[C@H]1O[C@@H](Oc2ccc3c(=O)c(-c4ccc(O[Si](C)(C)C(C)(C)C)cc4)coc3c2)[C@H](OC)[C@@H](OC)[C@@H]1OC(C)=O. The van der Waals surface area contributed by atoms with Gasteiger partial charge in [-0.25, -0.2) is 4.79 Å². The number of methoxy groups -OCH3 is 3. The maximum Gasteiger partial charge on any atom is 0.339 e. The number of esters is 2. The van der Waals surface area contributed by atoms with Crippen molar-refractivity contribution in [2.75, 3.05) is 21.3 Å². The van der Waals surface area contributed by atoms with E-state index in [4.69, 9.17) is 37.3 Å². The summed E-state index contributed by atoms with van der Waals surface area (Å²) in [5.41, 5.74) is 1.17. The molecule has 1 saturated heterocycles. The van der Waals surface area contributed by atoms with Crippen LogP contribution in [0, 0.1) is 0 Å². The van der Waals surface area contributed by atoms with Gasteiger partial charge < -0.3 is 37.3 Å². The van der Waals surface area contributed by atoms with E-state index in [9.17, 15) is 14.4 Å². The van der Waals surface area contributed by atoms with E-state index in [-0.39, 0.29) is 21.8 Å². The van der Waals surface area contributed by atoms with E-state index in [0.717, 1.165) is 5.75 Å². The highest BCUT2D eigenvalue weighted by Gasteiger charge is 2.53. The summed E-state index contributed by atoms with van der Waals surface area (Å²) in [5.74, 6) is -0.380. The lowest BCUT2D eigenvalue weighted by atomic mass is 9.98. The Hall–Kier alpha value is -3.71. The fraction of sp³-hybridized carbons (Fsp3) is 0.469. The van der Waals surface area contributed by atoms with Crippen molar-refractivity contribution in [2.45, 2.75) is 76.5 Å². The molecule has 0 aliphatic carbocycles. The summed E-state index contributed by atoms with van der Waals surface area (Å²) in [6.45, 7) is 12.1. The molecule has 0 unspecified atom stereocenters. The van der Waals surface area contributed by atoms with E-state index in [2.05, 4.69) is 33.9 Å². The predicted octanol–water partition coefficient (Wildman–Crippen LogP) is 5.08. The molecule has 44 heavy (non-hydrogen) atoms. The van der Waals surface area contributed by atoms with Crippen LogP contribution in [-0.4, -0.2) is 72.3 Å². The summed E-state index contributed by atoms with van der Waals surface area (Å²) in [5, 5.41) is 0.406. The quantitative estimate of drug-likeness (QED) is 0.232. The number of hydrogen-bond donors (Lipinski definition) is 0. The Bertz CT molecular complexity index is 1540. The van der Waals surface area contributed by atoms with Crippen LogP contribution in [0.1, 0.15) is 27.7 Å². The Balaban J connectivity index is 1.59. The van der Waals surface area contributed by atoms with Gasteiger partial charge in [0.05, 0.1) is 18.1 Å². The average Bonchev–Trinajstić information content (AvgIpc) is 2.96. The lowest BCUT2D eigenvalue weighted by Gasteiger charge is -2.43. The lowest BCUT2D eigenvalue weighted by Crippen LogP contribution is -2.63. The first-order chi connectivity index (χ1) is 20.7. The van der Waals surface area contributed by atoms with Gasteiger partial charge in [-0.3, -0.25) is 9.59 Å². The van der Waals surface area contributed by atoms with Gasteiger partial charge in [-0.1, -0.05) is 32.9 Å². The Morgan fingerprint density at radius 3 is 2.09 bits per heavy atom. The Labute approximate surface area is 257 Å². The number of benzene rings is 2. The van der Waals surface area contributed by atoms with E-state index in [0.29, 0.717) is 16.5 Å². The molecule has 238 valence electrons. The normalized spacial score (nSPS) is 22.3. The molecule has 5 atom stereocenters. The third-order valence-corrected chi connectivity index (χ3v) is 12.5. The van der Waals surface area contributed by atoms with Crippen LogP contribution in [0.5, 0.6) is 11.5 Å². The second-order valence-electron chi connectivity index (χ2n) is 12.1. The molecule has 0 amide bonds. The van der Waals surface area contributed by atoms with Gasteiger partial charge in [-0.15, -0.1) is 0 Å². The van der Waals surface area contributed by atoms with Gasteiger partial charge >= 0.3 is 11.9 Å². The van der Waals surface area contributed by atoms with Crippen LogP contribution >= 0.6 is 0 Å². The molecule has 0 bridgehead atoms. The van der Waals surface area contributed by atoms with Crippen molar-refractivity contribution in [3.8, 4) is 22.6 Å². The van der Waals surface area contributed by atoms with Gasteiger partial charge in [0, 0.05) is 27.2 Å². The van der Waals surface area contributed by atoms with E-state index in [1.807, 2.05) is 24.3 Å². The summed E-state index contributed by atoms with van der Waals surface area (Å²) >= 11 is 0. The Morgan fingerprint density at radius 2 is 1.52 bits per heavy atom. The molecule has 2 aromatic carbocycles. The zero-order chi connectivity index (χ0) is 32.4. The second kappa shape index (κ2) is 13.1. The zero-order valence-corrected chi connectivity index (χ0v) is 27.5. The van der Waals surface area contributed by atoms with Crippen molar-refractivity contribution in [1.29, 1.82) is 0 Å². The molecular formula is C32H40O11Si. The van der Waals surface area contributed by atoms with Crippen molar-refractivity contribution < 1.29 is 46.9 Å². The van der Waals surface area contributed by atoms with Gasteiger partial charge in [0.1, 0.15) is 35.6 Å². The Kier molecular flexibility index (Phi) is 9.89. The third-order valence-electron chi connectivity index (χ3n) is 8.12. The number of ether oxygens (including phenoxy) is 6. The fourth-order valence-corrected chi connectivity index (χ4v) is 5.75. The van der Waals surface area contributed by atoms with Crippen molar-refractivity contribution in [3.05, 3.63) is 59.0 Å². The molecule has 0 spiro atoms. The monoisotopic (exact) mass is 628 g/mol. The maximum atomic E-state index is 13.5. The van der Waals surface area contributed by atoms with Gasteiger partial charge in [-0.05, 0) is 48.0 Å². The molecule has 0 radical (unpaired) electrons. The van der Waals surface area contributed by atoms with Gasteiger partial charge in [-0.2, -0.15) is 0 Å². The molecule has 2 heterocycles. The minimum atomic E-state index is -2.00. The van der Waals surface area contributed by atoms with E-state index in [1.54, 1.807) is 18.2 Å². The predicted molar refractivity (Wildman–Crippen MR) is 164 cm³/mol. The minimum Gasteiger partial charge on any atom is -0.544 e. The summed E-state index contributed by atoms with van der Waals surface area (Å²) in [6.07, 6.45) is -4.08. The number of carbonyl (C=O) groups is 2. The van der Waals surface area contributed by atoms with Gasteiger partial charge in [0.15, 0.2) is 17.6 Å². The molecule has 12 heteroatoms. The van der Waals surface area contributed by atoms with Gasteiger partial charge in [0.2, 0.25) is 14.6 Å². The lowest BCUT2D eigenvalue weighted by molar-refractivity contribution is -0.284. The molecule has 1 fully saturated rings. The standard InChI is InChI=1S/C32H40O11Si/c1-18(33)40-27-26(36-5)29(37-6)31(42-28(27)30(35)38-7)41-21-14-15-22-24(16-21)39-17-23(25(22)34)19-10-12-20(13-11-19)43-44(8,9)32(2,3)4/h10-17,26-29,31H,1-9H3/t26-,27-,28-,29+,31+/m0/s1. The van der Waals surface area contributed by atoms with Crippen molar-refractivity contribution in [3.63, 3.8) is 0 Å². The molecule has 1 aromatic heterocycles. The largest absolute Gasteiger partial charge is 0.544 e. The highest BCUT2D eigenvalue weighted by atomic mass is 28.4. The first-order valence-corrected chi connectivity index (χ1v) is 17.1. The molecule has 1 aliphatic rings. The maximum absolute atomic E-state index is 13.5. The van der Waals surface area contributed by atoms with Crippen LogP contribution in [-0.2, 0) is 33.3 Å². The molecular weight excluding hydrogens is 588 g/mol. The number of carbonyl (C=O) groups excluding carboxylic acids is 2. The highest BCUT2D eigenvalue weighted by Crippen LogP contribution is 2.38. The minimum absolute atomic E-state index is 0.0577. The molecule has 0 N–H and O–H groups in total. The number of fused-ring (bicyclic) bond motifs is 1. The summed E-state index contributed by atoms with van der Waals surface area (Å²) < 4.78 is 45.5. The van der Waals surface area contributed by atoms with Crippen LogP contribution < -0.4 is 14.6 Å². The van der Waals surface area contributed by atoms with E-state index >= 15 is 0 Å². The van der Waals surface area contributed by atoms with Gasteiger partial charge in [0.25, 0.3) is 0 Å². The summed E-state index contributed by atoms with van der Waals surface area (Å²) in [6, 6.07) is 12.1. The van der Waals surface area contributed by atoms with Crippen LogP contribution in [0.25, 0.3) is 22.1 Å².